The molecule has 1 saturated heterocycles. The lowest BCUT2D eigenvalue weighted by atomic mass is 10.1. The second-order valence-corrected chi connectivity index (χ2v) is 7.48. The lowest BCUT2D eigenvalue weighted by Gasteiger charge is -2.16. The van der Waals surface area contributed by atoms with E-state index in [0.717, 1.165) is 50.3 Å². The maximum Gasteiger partial charge on any atom is 0.319 e. The number of aromatic nitrogens is 2. The Kier molecular flexibility index (Phi) is 5.29. The summed E-state index contributed by atoms with van der Waals surface area (Å²) in [5, 5.41) is 10.1. The van der Waals surface area contributed by atoms with Crippen molar-refractivity contribution in [3.05, 3.63) is 42.7 Å². The van der Waals surface area contributed by atoms with E-state index in [-0.39, 0.29) is 17.6 Å². The van der Waals surface area contributed by atoms with Crippen LogP contribution in [0.15, 0.2) is 42.7 Å². The number of hydrogen-bond acceptors (Lipinski definition) is 4. The van der Waals surface area contributed by atoms with E-state index in [9.17, 15) is 4.79 Å². The van der Waals surface area contributed by atoms with Crippen molar-refractivity contribution in [2.24, 2.45) is 5.41 Å². The summed E-state index contributed by atoms with van der Waals surface area (Å²) < 4.78 is 13.2. The van der Waals surface area contributed by atoms with Crippen LogP contribution in [-0.2, 0) is 11.3 Å². The number of rotatable bonds is 8. The van der Waals surface area contributed by atoms with Crippen molar-refractivity contribution in [2.75, 3.05) is 25.1 Å². The smallest absolute Gasteiger partial charge is 0.319 e. The first-order valence-electron chi connectivity index (χ1n) is 9.58. The van der Waals surface area contributed by atoms with E-state index in [0.29, 0.717) is 13.2 Å². The van der Waals surface area contributed by atoms with Crippen LogP contribution < -0.4 is 15.4 Å². The van der Waals surface area contributed by atoms with Gasteiger partial charge in [0.2, 0.25) is 0 Å². The molecule has 1 aromatic heterocycles. The molecule has 2 aromatic rings. The minimum atomic E-state index is -0.185. The zero-order valence-corrected chi connectivity index (χ0v) is 15.4. The Bertz CT molecular complexity index is 735. The predicted octanol–water partition coefficient (Wildman–Crippen LogP) is 3.04. The number of nitrogens with zero attached hydrogens (tertiary/aromatic N) is 2. The van der Waals surface area contributed by atoms with Gasteiger partial charge in [0.15, 0.2) is 0 Å². The van der Waals surface area contributed by atoms with Gasteiger partial charge in [-0.05, 0) is 56.0 Å². The van der Waals surface area contributed by atoms with Crippen LogP contribution in [-0.4, -0.2) is 41.7 Å². The van der Waals surface area contributed by atoms with Crippen LogP contribution in [0.5, 0.6) is 5.75 Å². The number of benzene rings is 1. The number of carbonyl (C=O) groups is 1. The molecule has 27 heavy (non-hydrogen) atoms. The van der Waals surface area contributed by atoms with Crippen molar-refractivity contribution in [3.8, 4) is 5.75 Å². The molecule has 7 nitrogen and oxygen atoms in total. The van der Waals surface area contributed by atoms with Gasteiger partial charge in [0.05, 0.1) is 6.10 Å². The molecular formula is C20H26N4O3. The molecule has 1 aliphatic heterocycles. The predicted molar refractivity (Wildman–Crippen MR) is 102 cm³/mol. The summed E-state index contributed by atoms with van der Waals surface area (Å²) in [4.78, 5) is 12.2. The van der Waals surface area contributed by atoms with Crippen LogP contribution in [0.3, 0.4) is 0 Å². The summed E-state index contributed by atoms with van der Waals surface area (Å²) in [5.41, 5.74) is 0.887. The van der Waals surface area contributed by atoms with Crippen LogP contribution in [0.25, 0.3) is 0 Å². The number of urea groups is 1. The standard InChI is InChI=1S/C20H26N4O3/c25-19(21-14-20(8-9-20)15-24-11-2-10-22-24)23-16-4-6-17(7-5-16)27-13-18-3-1-12-26-18/h2,4-7,10-11,18H,1,3,8-9,12-15H2,(H2,21,23,25). The first-order valence-corrected chi connectivity index (χ1v) is 9.58. The van der Waals surface area contributed by atoms with E-state index in [1.807, 2.05) is 41.2 Å². The van der Waals surface area contributed by atoms with Gasteiger partial charge in [-0.2, -0.15) is 5.10 Å². The molecule has 1 atom stereocenters. The first-order chi connectivity index (χ1) is 13.2. The number of hydrogen-bond donors (Lipinski definition) is 2. The van der Waals surface area contributed by atoms with Gasteiger partial charge in [-0.25, -0.2) is 4.79 Å². The van der Waals surface area contributed by atoms with Crippen molar-refractivity contribution in [3.63, 3.8) is 0 Å². The van der Waals surface area contributed by atoms with Crippen LogP contribution >= 0.6 is 0 Å². The fourth-order valence-electron chi connectivity index (χ4n) is 3.35. The van der Waals surface area contributed by atoms with Crippen molar-refractivity contribution < 1.29 is 14.3 Å². The molecule has 1 saturated carbocycles. The van der Waals surface area contributed by atoms with Gasteiger partial charge in [-0.3, -0.25) is 4.68 Å². The lowest BCUT2D eigenvalue weighted by molar-refractivity contribution is 0.0679. The monoisotopic (exact) mass is 370 g/mol. The molecule has 1 aromatic carbocycles. The van der Waals surface area contributed by atoms with Gasteiger partial charge < -0.3 is 20.1 Å². The Labute approximate surface area is 159 Å². The Morgan fingerprint density at radius 1 is 1.33 bits per heavy atom. The highest BCUT2D eigenvalue weighted by molar-refractivity contribution is 5.89. The van der Waals surface area contributed by atoms with Gasteiger partial charge in [-0.1, -0.05) is 0 Å². The number of ether oxygens (including phenoxy) is 2. The van der Waals surface area contributed by atoms with Gasteiger partial charge in [-0.15, -0.1) is 0 Å². The van der Waals surface area contributed by atoms with Crippen molar-refractivity contribution in [1.29, 1.82) is 0 Å². The second-order valence-electron chi connectivity index (χ2n) is 7.48. The van der Waals surface area contributed by atoms with Crippen molar-refractivity contribution in [1.82, 2.24) is 15.1 Å². The molecule has 0 radical (unpaired) electrons. The summed E-state index contributed by atoms with van der Waals surface area (Å²) >= 11 is 0. The Balaban J connectivity index is 1.20. The molecule has 2 fully saturated rings. The molecule has 7 heteroatoms. The number of nitrogens with one attached hydrogen (secondary N) is 2. The highest BCUT2D eigenvalue weighted by Gasteiger charge is 2.43. The van der Waals surface area contributed by atoms with Crippen molar-refractivity contribution >= 4 is 11.7 Å². The van der Waals surface area contributed by atoms with E-state index in [2.05, 4.69) is 15.7 Å². The van der Waals surface area contributed by atoms with Crippen molar-refractivity contribution in [2.45, 2.75) is 38.3 Å². The average molecular weight is 370 g/mol. The molecular weight excluding hydrogens is 344 g/mol. The van der Waals surface area contributed by atoms with Crippen LogP contribution in [0, 0.1) is 5.41 Å². The lowest BCUT2D eigenvalue weighted by Crippen LogP contribution is -2.35. The van der Waals surface area contributed by atoms with E-state index < -0.39 is 0 Å². The summed E-state index contributed by atoms with van der Waals surface area (Å²) in [5.74, 6) is 0.785. The number of carbonyl (C=O) groups excluding carboxylic acids is 1. The molecule has 2 N–H and O–H groups in total. The molecule has 1 aliphatic carbocycles. The molecule has 144 valence electrons. The zero-order valence-electron chi connectivity index (χ0n) is 15.4. The summed E-state index contributed by atoms with van der Waals surface area (Å²) in [7, 11) is 0. The first kappa shape index (κ1) is 17.9. The molecule has 4 rings (SSSR count). The van der Waals surface area contributed by atoms with Gasteiger partial charge in [0.1, 0.15) is 12.4 Å². The Morgan fingerprint density at radius 2 is 2.19 bits per heavy atom. The molecule has 2 amide bonds. The van der Waals surface area contributed by atoms with Gasteiger partial charge in [0.25, 0.3) is 0 Å². The largest absolute Gasteiger partial charge is 0.491 e. The highest BCUT2D eigenvalue weighted by atomic mass is 16.5. The molecule has 2 heterocycles. The summed E-state index contributed by atoms with van der Waals surface area (Å²) in [6.45, 7) is 2.90. The fourth-order valence-corrected chi connectivity index (χ4v) is 3.35. The Morgan fingerprint density at radius 3 is 2.85 bits per heavy atom. The topological polar surface area (TPSA) is 77.4 Å². The van der Waals surface area contributed by atoms with Crippen LogP contribution in [0.4, 0.5) is 10.5 Å². The third-order valence-corrected chi connectivity index (χ3v) is 5.21. The molecule has 0 bridgehead atoms. The minimum absolute atomic E-state index is 0.142. The van der Waals surface area contributed by atoms with Crippen LogP contribution in [0.2, 0.25) is 0 Å². The van der Waals surface area contributed by atoms with E-state index in [4.69, 9.17) is 9.47 Å². The van der Waals surface area contributed by atoms with Gasteiger partial charge >= 0.3 is 6.03 Å². The fraction of sp³-hybridized carbons (Fsp3) is 0.500. The maximum absolute atomic E-state index is 12.2. The third-order valence-electron chi connectivity index (χ3n) is 5.21. The van der Waals surface area contributed by atoms with E-state index in [1.165, 1.54) is 0 Å². The molecule has 2 aliphatic rings. The normalized spacial score (nSPS) is 20.2. The minimum Gasteiger partial charge on any atom is -0.491 e. The highest BCUT2D eigenvalue weighted by Crippen LogP contribution is 2.46. The summed E-state index contributed by atoms with van der Waals surface area (Å²) in [6.07, 6.45) is 8.34. The van der Waals surface area contributed by atoms with E-state index in [1.54, 1.807) is 6.20 Å². The number of amides is 2. The maximum atomic E-state index is 12.2. The second kappa shape index (κ2) is 8.00. The summed E-state index contributed by atoms with van der Waals surface area (Å²) in [6, 6.07) is 9.16. The number of anilines is 1. The van der Waals surface area contributed by atoms with Crippen LogP contribution in [0.1, 0.15) is 25.7 Å². The zero-order chi connectivity index (χ0) is 18.5. The molecule has 0 spiro atoms. The van der Waals surface area contributed by atoms with Gasteiger partial charge in [0, 0.05) is 43.2 Å². The SMILES string of the molecule is O=C(NCC1(Cn2cccn2)CC1)Nc1ccc(OCC2CCCO2)cc1. The van der Waals surface area contributed by atoms with E-state index >= 15 is 0 Å². The average Bonchev–Trinajstić information content (AvgIpc) is 3.05. The quantitative estimate of drug-likeness (QED) is 0.749. The third kappa shape index (κ3) is 5.01. The Hall–Kier alpha value is -2.54. The molecule has 1 unspecified atom stereocenters.